The second-order valence-electron chi connectivity index (χ2n) is 6.31. The quantitative estimate of drug-likeness (QED) is 0.916. The van der Waals surface area contributed by atoms with E-state index >= 15 is 0 Å². The molecule has 1 aliphatic heterocycles. The molecule has 20 heavy (non-hydrogen) atoms. The number of nitrogens with zero attached hydrogens (tertiary/aromatic N) is 2. The van der Waals surface area contributed by atoms with E-state index in [4.69, 9.17) is 4.74 Å². The molecule has 2 aliphatic rings. The molecule has 1 saturated carbocycles. The molecule has 0 amide bonds. The van der Waals surface area contributed by atoms with Crippen molar-refractivity contribution in [3.63, 3.8) is 0 Å². The van der Waals surface area contributed by atoms with Crippen LogP contribution >= 0.6 is 0 Å². The van der Waals surface area contributed by atoms with Gasteiger partial charge in [-0.2, -0.15) is 0 Å². The SMILES string of the molecule is COc1c(C)cnc(CN2CC3CCC(O)C3C2)c1C. The van der Waals surface area contributed by atoms with Crippen molar-refractivity contribution in [2.24, 2.45) is 11.8 Å². The van der Waals surface area contributed by atoms with Crippen LogP contribution in [-0.2, 0) is 6.54 Å². The van der Waals surface area contributed by atoms with Crippen LogP contribution in [0, 0.1) is 25.7 Å². The number of fused-ring (bicyclic) bond motifs is 1. The van der Waals surface area contributed by atoms with Crippen molar-refractivity contribution in [1.82, 2.24) is 9.88 Å². The summed E-state index contributed by atoms with van der Waals surface area (Å²) in [5.74, 6) is 2.11. The van der Waals surface area contributed by atoms with Crippen molar-refractivity contribution in [3.8, 4) is 5.75 Å². The zero-order valence-corrected chi connectivity index (χ0v) is 12.6. The summed E-state index contributed by atoms with van der Waals surface area (Å²) in [6.07, 6.45) is 3.96. The maximum absolute atomic E-state index is 9.99. The zero-order chi connectivity index (χ0) is 14.3. The molecule has 2 fully saturated rings. The Hall–Kier alpha value is -1.13. The number of aliphatic hydroxyl groups is 1. The van der Waals surface area contributed by atoms with Crippen molar-refractivity contribution in [2.75, 3.05) is 20.2 Å². The van der Waals surface area contributed by atoms with Crippen LogP contribution in [0.15, 0.2) is 6.20 Å². The summed E-state index contributed by atoms with van der Waals surface area (Å²) < 4.78 is 5.47. The lowest BCUT2D eigenvalue weighted by molar-refractivity contribution is 0.123. The number of likely N-dealkylation sites (tertiary alicyclic amines) is 1. The van der Waals surface area contributed by atoms with Gasteiger partial charge in [0.05, 0.1) is 18.9 Å². The first kappa shape index (κ1) is 13.8. The first-order valence-electron chi connectivity index (χ1n) is 7.49. The van der Waals surface area contributed by atoms with Gasteiger partial charge in [0, 0.05) is 42.9 Å². The van der Waals surface area contributed by atoms with Crippen LogP contribution in [0.3, 0.4) is 0 Å². The lowest BCUT2D eigenvalue weighted by Gasteiger charge is -2.20. The molecule has 110 valence electrons. The minimum atomic E-state index is -0.0911. The maximum atomic E-state index is 9.99. The van der Waals surface area contributed by atoms with Gasteiger partial charge >= 0.3 is 0 Å². The van der Waals surface area contributed by atoms with Gasteiger partial charge in [0.15, 0.2) is 0 Å². The van der Waals surface area contributed by atoms with E-state index in [0.29, 0.717) is 11.8 Å². The lowest BCUT2D eigenvalue weighted by atomic mass is 10.00. The Balaban J connectivity index is 1.73. The summed E-state index contributed by atoms with van der Waals surface area (Å²) in [5.41, 5.74) is 3.33. The number of pyridine rings is 1. The lowest BCUT2D eigenvalue weighted by Crippen LogP contribution is -2.25. The molecule has 3 atom stereocenters. The van der Waals surface area contributed by atoms with E-state index in [1.165, 1.54) is 6.42 Å². The Labute approximate surface area is 120 Å². The van der Waals surface area contributed by atoms with E-state index in [1.54, 1.807) is 7.11 Å². The minimum Gasteiger partial charge on any atom is -0.496 e. The molecule has 1 aromatic rings. The maximum Gasteiger partial charge on any atom is 0.128 e. The Kier molecular flexibility index (Phi) is 3.69. The van der Waals surface area contributed by atoms with Gasteiger partial charge in [0.25, 0.3) is 0 Å². The molecule has 0 aromatic carbocycles. The molecule has 1 aliphatic carbocycles. The molecule has 4 heteroatoms. The predicted molar refractivity (Wildman–Crippen MR) is 77.8 cm³/mol. The van der Waals surface area contributed by atoms with Gasteiger partial charge in [0.1, 0.15) is 5.75 Å². The monoisotopic (exact) mass is 276 g/mol. The van der Waals surface area contributed by atoms with E-state index in [-0.39, 0.29) is 6.10 Å². The van der Waals surface area contributed by atoms with Gasteiger partial charge in [-0.3, -0.25) is 9.88 Å². The van der Waals surface area contributed by atoms with Crippen molar-refractivity contribution < 1.29 is 9.84 Å². The van der Waals surface area contributed by atoms with E-state index in [1.807, 2.05) is 13.1 Å². The number of methoxy groups -OCH3 is 1. The van der Waals surface area contributed by atoms with Crippen LogP contribution in [-0.4, -0.2) is 41.3 Å². The summed E-state index contributed by atoms with van der Waals surface area (Å²) in [6.45, 7) is 7.07. The van der Waals surface area contributed by atoms with E-state index in [2.05, 4.69) is 16.8 Å². The molecule has 0 spiro atoms. The minimum absolute atomic E-state index is 0.0911. The second-order valence-corrected chi connectivity index (χ2v) is 6.31. The van der Waals surface area contributed by atoms with Gasteiger partial charge in [-0.15, -0.1) is 0 Å². The van der Waals surface area contributed by atoms with Gasteiger partial charge in [0.2, 0.25) is 0 Å². The van der Waals surface area contributed by atoms with Crippen molar-refractivity contribution >= 4 is 0 Å². The molecule has 1 aromatic heterocycles. The van der Waals surface area contributed by atoms with Crippen LogP contribution in [0.5, 0.6) is 5.75 Å². The predicted octanol–water partition coefficient (Wildman–Crippen LogP) is 1.91. The summed E-state index contributed by atoms with van der Waals surface area (Å²) >= 11 is 0. The highest BCUT2D eigenvalue weighted by atomic mass is 16.5. The van der Waals surface area contributed by atoms with E-state index in [0.717, 1.165) is 48.6 Å². The molecular formula is C16H24N2O2. The number of aromatic nitrogens is 1. The molecule has 1 N–H and O–H groups in total. The topological polar surface area (TPSA) is 45.6 Å². The fourth-order valence-electron chi connectivity index (χ4n) is 3.90. The van der Waals surface area contributed by atoms with Crippen molar-refractivity contribution in [2.45, 2.75) is 39.3 Å². The number of hydrogen-bond donors (Lipinski definition) is 1. The standard InChI is InChI=1S/C16H24N2O2/c1-10-6-17-14(11(2)16(10)20-3)9-18-7-12-4-5-15(19)13(12)8-18/h6,12-13,15,19H,4-5,7-9H2,1-3H3. The molecule has 3 rings (SSSR count). The molecule has 0 bridgehead atoms. The van der Waals surface area contributed by atoms with Gasteiger partial charge in [-0.25, -0.2) is 0 Å². The Morgan fingerprint density at radius 1 is 1.35 bits per heavy atom. The highest BCUT2D eigenvalue weighted by Gasteiger charge is 2.41. The zero-order valence-electron chi connectivity index (χ0n) is 12.6. The first-order valence-corrected chi connectivity index (χ1v) is 7.49. The summed E-state index contributed by atoms with van der Waals surface area (Å²) in [7, 11) is 1.72. The van der Waals surface area contributed by atoms with Crippen LogP contribution in [0.2, 0.25) is 0 Å². The van der Waals surface area contributed by atoms with Crippen molar-refractivity contribution in [3.05, 3.63) is 23.0 Å². The van der Waals surface area contributed by atoms with Crippen LogP contribution < -0.4 is 4.74 Å². The molecule has 3 unspecified atom stereocenters. The van der Waals surface area contributed by atoms with Gasteiger partial charge < -0.3 is 9.84 Å². The molecule has 2 heterocycles. The molecule has 4 nitrogen and oxygen atoms in total. The highest BCUT2D eigenvalue weighted by molar-refractivity contribution is 5.41. The van der Waals surface area contributed by atoms with Crippen LogP contribution in [0.25, 0.3) is 0 Å². The van der Waals surface area contributed by atoms with Crippen molar-refractivity contribution in [1.29, 1.82) is 0 Å². The normalized spacial score (nSPS) is 29.7. The third-order valence-electron chi connectivity index (χ3n) is 5.02. The number of aliphatic hydroxyl groups excluding tert-OH is 1. The van der Waals surface area contributed by atoms with E-state index < -0.39 is 0 Å². The summed E-state index contributed by atoms with van der Waals surface area (Å²) in [5, 5.41) is 9.99. The molecule has 1 saturated heterocycles. The first-order chi connectivity index (χ1) is 9.60. The smallest absolute Gasteiger partial charge is 0.128 e. The number of rotatable bonds is 3. The average Bonchev–Trinajstić information content (AvgIpc) is 2.96. The molecular weight excluding hydrogens is 252 g/mol. The Morgan fingerprint density at radius 3 is 2.85 bits per heavy atom. The number of ether oxygens (including phenoxy) is 1. The number of hydrogen-bond acceptors (Lipinski definition) is 4. The van der Waals surface area contributed by atoms with Gasteiger partial charge in [-0.1, -0.05) is 0 Å². The third-order valence-corrected chi connectivity index (χ3v) is 5.02. The summed E-state index contributed by atoms with van der Waals surface area (Å²) in [4.78, 5) is 7.01. The Morgan fingerprint density at radius 2 is 2.15 bits per heavy atom. The number of aryl methyl sites for hydroxylation is 1. The third kappa shape index (κ3) is 2.31. The fourth-order valence-corrected chi connectivity index (χ4v) is 3.90. The van der Waals surface area contributed by atoms with Crippen LogP contribution in [0.4, 0.5) is 0 Å². The second kappa shape index (κ2) is 5.34. The largest absolute Gasteiger partial charge is 0.496 e. The highest BCUT2D eigenvalue weighted by Crippen LogP contribution is 2.38. The van der Waals surface area contributed by atoms with Crippen LogP contribution in [0.1, 0.15) is 29.7 Å². The Bertz CT molecular complexity index is 503. The van der Waals surface area contributed by atoms with Gasteiger partial charge in [-0.05, 0) is 32.6 Å². The average molecular weight is 276 g/mol. The summed E-state index contributed by atoms with van der Waals surface area (Å²) in [6, 6.07) is 0. The van der Waals surface area contributed by atoms with E-state index in [9.17, 15) is 5.11 Å². The fraction of sp³-hybridized carbons (Fsp3) is 0.688. The molecule has 0 radical (unpaired) electrons.